The SMILES string of the molecule is CCCCCC1OC1C/C=C\CCCCCCCC(C)=O. The highest BCUT2D eigenvalue weighted by Crippen LogP contribution is 2.30. The summed E-state index contributed by atoms with van der Waals surface area (Å²) in [6.45, 7) is 3.93. The fourth-order valence-electron chi connectivity index (χ4n) is 2.75. The van der Waals surface area contributed by atoms with Gasteiger partial charge in [-0.2, -0.15) is 0 Å². The largest absolute Gasteiger partial charge is 0.369 e. The first-order chi connectivity index (χ1) is 10.2. The van der Waals surface area contributed by atoms with E-state index in [1.165, 1.54) is 57.8 Å². The fourth-order valence-corrected chi connectivity index (χ4v) is 2.75. The van der Waals surface area contributed by atoms with Gasteiger partial charge < -0.3 is 9.53 Å². The van der Waals surface area contributed by atoms with Gasteiger partial charge in [-0.1, -0.05) is 57.6 Å². The molecule has 1 fully saturated rings. The third kappa shape index (κ3) is 10.7. The van der Waals surface area contributed by atoms with Crippen LogP contribution in [0.25, 0.3) is 0 Å². The lowest BCUT2D eigenvalue weighted by Gasteiger charge is -1.98. The van der Waals surface area contributed by atoms with E-state index in [0.29, 0.717) is 18.0 Å². The second-order valence-corrected chi connectivity index (χ2v) is 6.42. The predicted octanol–water partition coefficient (Wildman–Crippen LogP) is 5.60. The van der Waals surface area contributed by atoms with E-state index in [4.69, 9.17) is 4.74 Å². The summed E-state index contributed by atoms with van der Waals surface area (Å²) in [6, 6.07) is 0. The summed E-state index contributed by atoms with van der Waals surface area (Å²) in [6.07, 6.45) is 20.1. The second kappa shape index (κ2) is 12.0. The van der Waals surface area contributed by atoms with E-state index in [1.54, 1.807) is 6.92 Å². The van der Waals surface area contributed by atoms with Crippen molar-refractivity contribution < 1.29 is 9.53 Å². The maximum atomic E-state index is 10.8. The lowest BCUT2D eigenvalue weighted by Crippen LogP contribution is -1.92. The number of carbonyl (C=O) groups is 1. The Balaban J connectivity index is 1.81. The Bertz CT molecular complexity index is 296. The van der Waals surface area contributed by atoms with Gasteiger partial charge in [0.25, 0.3) is 0 Å². The predicted molar refractivity (Wildman–Crippen MR) is 89.6 cm³/mol. The Morgan fingerprint density at radius 1 is 0.952 bits per heavy atom. The van der Waals surface area contributed by atoms with Crippen LogP contribution in [0.5, 0.6) is 0 Å². The van der Waals surface area contributed by atoms with Gasteiger partial charge in [-0.05, 0) is 39.0 Å². The Kier molecular flexibility index (Phi) is 10.5. The molecule has 0 bridgehead atoms. The molecule has 21 heavy (non-hydrogen) atoms. The van der Waals surface area contributed by atoms with Gasteiger partial charge in [0, 0.05) is 6.42 Å². The lowest BCUT2D eigenvalue weighted by atomic mass is 10.1. The highest BCUT2D eigenvalue weighted by molar-refractivity contribution is 5.75. The average Bonchev–Trinajstić information content (AvgIpc) is 3.19. The molecule has 122 valence electrons. The number of hydrogen-bond acceptors (Lipinski definition) is 2. The zero-order valence-corrected chi connectivity index (χ0v) is 14.1. The molecule has 2 atom stereocenters. The molecule has 0 radical (unpaired) electrons. The first-order valence-corrected chi connectivity index (χ1v) is 9.04. The van der Waals surface area contributed by atoms with Crippen LogP contribution in [0.3, 0.4) is 0 Å². The fraction of sp³-hybridized carbons (Fsp3) is 0.842. The first kappa shape index (κ1) is 18.4. The molecular weight excluding hydrogens is 260 g/mol. The highest BCUT2D eigenvalue weighted by atomic mass is 16.6. The summed E-state index contributed by atoms with van der Waals surface area (Å²) < 4.78 is 5.68. The van der Waals surface area contributed by atoms with Crippen LogP contribution in [0.15, 0.2) is 12.2 Å². The maximum Gasteiger partial charge on any atom is 0.129 e. The molecule has 1 heterocycles. The van der Waals surface area contributed by atoms with Crippen molar-refractivity contribution in [2.24, 2.45) is 0 Å². The van der Waals surface area contributed by atoms with Crippen molar-refractivity contribution in [3.05, 3.63) is 12.2 Å². The van der Waals surface area contributed by atoms with Crippen LogP contribution in [-0.4, -0.2) is 18.0 Å². The minimum Gasteiger partial charge on any atom is -0.369 e. The van der Waals surface area contributed by atoms with Crippen LogP contribution in [0.4, 0.5) is 0 Å². The highest BCUT2D eigenvalue weighted by Gasteiger charge is 2.36. The third-order valence-electron chi connectivity index (χ3n) is 4.21. The second-order valence-electron chi connectivity index (χ2n) is 6.42. The number of hydrogen-bond donors (Lipinski definition) is 0. The monoisotopic (exact) mass is 294 g/mol. The van der Waals surface area contributed by atoms with Gasteiger partial charge >= 0.3 is 0 Å². The minimum absolute atomic E-state index is 0.327. The smallest absolute Gasteiger partial charge is 0.129 e. The van der Waals surface area contributed by atoms with Crippen molar-refractivity contribution >= 4 is 5.78 Å². The van der Waals surface area contributed by atoms with Crippen molar-refractivity contribution in [1.82, 2.24) is 0 Å². The van der Waals surface area contributed by atoms with Crippen LogP contribution in [-0.2, 0) is 9.53 Å². The molecule has 0 spiro atoms. The molecule has 1 saturated heterocycles. The Morgan fingerprint density at radius 3 is 2.48 bits per heavy atom. The maximum absolute atomic E-state index is 10.8. The third-order valence-corrected chi connectivity index (χ3v) is 4.21. The molecule has 0 amide bonds. The summed E-state index contributed by atoms with van der Waals surface area (Å²) in [5.41, 5.74) is 0. The zero-order chi connectivity index (χ0) is 15.3. The number of ketones is 1. The number of unbranched alkanes of at least 4 members (excludes halogenated alkanes) is 7. The number of rotatable bonds is 14. The number of epoxide rings is 1. The molecule has 1 rings (SSSR count). The van der Waals surface area contributed by atoms with Gasteiger partial charge in [0.2, 0.25) is 0 Å². The topological polar surface area (TPSA) is 29.6 Å². The normalized spacial score (nSPS) is 21.0. The van der Waals surface area contributed by atoms with E-state index < -0.39 is 0 Å². The molecule has 1 aliphatic rings. The summed E-state index contributed by atoms with van der Waals surface area (Å²) in [7, 11) is 0. The van der Waals surface area contributed by atoms with E-state index in [1.807, 2.05) is 0 Å². The van der Waals surface area contributed by atoms with Gasteiger partial charge in [-0.3, -0.25) is 0 Å². The van der Waals surface area contributed by atoms with Gasteiger partial charge in [0.05, 0.1) is 12.2 Å². The van der Waals surface area contributed by atoms with Gasteiger partial charge in [0.1, 0.15) is 5.78 Å². The van der Waals surface area contributed by atoms with Crippen molar-refractivity contribution in [2.75, 3.05) is 0 Å². The molecule has 2 heteroatoms. The number of Topliss-reactive ketones (excluding diaryl/α,β-unsaturated/α-hetero) is 1. The van der Waals surface area contributed by atoms with Crippen LogP contribution in [0.2, 0.25) is 0 Å². The van der Waals surface area contributed by atoms with Crippen LogP contribution >= 0.6 is 0 Å². The van der Waals surface area contributed by atoms with E-state index in [2.05, 4.69) is 19.1 Å². The standard InChI is InChI=1S/C19H34O2/c1-3-4-11-15-18-19(21-18)16-13-10-8-6-5-7-9-12-14-17(2)20/h10,13,18-19H,3-9,11-12,14-16H2,1-2H3/b13-10-. The van der Waals surface area contributed by atoms with E-state index >= 15 is 0 Å². The Morgan fingerprint density at radius 2 is 1.71 bits per heavy atom. The minimum atomic E-state index is 0.327. The average molecular weight is 294 g/mol. The van der Waals surface area contributed by atoms with Crippen LogP contribution in [0.1, 0.15) is 90.9 Å². The zero-order valence-electron chi connectivity index (χ0n) is 14.1. The Hall–Kier alpha value is -0.630. The van der Waals surface area contributed by atoms with Crippen molar-refractivity contribution in [3.8, 4) is 0 Å². The summed E-state index contributed by atoms with van der Waals surface area (Å²) >= 11 is 0. The van der Waals surface area contributed by atoms with Gasteiger partial charge in [0.15, 0.2) is 0 Å². The lowest BCUT2D eigenvalue weighted by molar-refractivity contribution is -0.117. The quantitative estimate of drug-likeness (QED) is 0.237. The number of carbonyl (C=O) groups excluding carboxylic acids is 1. The summed E-state index contributed by atoms with van der Waals surface area (Å²) in [4.78, 5) is 10.8. The molecule has 2 nitrogen and oxygen atoms in total. The Labute approximate surface area is 131 Å². The van der Waals surface area contributed by atoms with Crippen molar-refractivity contribution in [3.63, 3.8) is 0 Å². The molecule has 0 aromatic heterocycles. The van der Waals surface area contributed by atoms with E-state index in [-0.39, 0.29) is 0 Å². The molecule has 0 aromatic rings. The molecule has 1 aliphatic heterocycles. The molecular formula is C19H34O2. The number of ether oxygens (including phenoxy) is 1. The molecule has 0 N–H and O–H groups in total. The van der Waals surface area contributed by atoms with E-state index in [0.717, 1.165) is 19.3 Å². The molecule has 0 aromatic carbocycles. The van der Waals surface area contributed by atoms with Crippen molar-refractivity contribution in [1.29, 1.82) is 0 Å². The molecule has 2 unspecified atom stereocenters. The van der Waals surface area contributed by atoms with Crippen molar-refractivity contribution in [2.45, 2.75) is 103 Å². The molecule has 0 saturated carbocycles. The van der Waals surface area contributed by atoms with Crippen LogP contribution < -0.4 is 0 Å². The van der Waals surface area contributed by atoms with Gasteiger partial charge in [-0.15, -0.1) is 0 Å². The molecule has 0 aliphatic carbocycles. The van der Waals surface area contributed by atoms with Crippen LogP contribution in [0, 0.1) is 0 Å². The van der Waals surface area contributed by atoms with Gasteiger partial charge in [-0.25, -0.2) is 0 Å². The number of allylic oxidation sites excluding steroid dienone is 1. The summed E-state index contributed by atoms with van der Waals surface area (Å²) in [5, 5.41) is 0. The first-order valence-electron chi connectivity index (χ1n) is 9.04. The van der Waals surface area contributed by atoms with E-state index in [9.17, 15) is 4.79 Å². The summed E-state index contributed by atoms with van der Waals surface area (Å²) in [5.74, 6) is 0.327.